The van der Waals surface area contributed by atoms with Gasteiger partial charge in [0.25, 0.3) is 0 Å². The Bertz CT molecular complexity index is 334. The van der Waals surface area contributed by atoms with Crippen molar-refractivity contribution in [1.29, 1.82) is 0 Å². The predicted octanol–water partition coefficient (Wildman–Crippen LogP) is -0.605. The van der Waals surface area contributed by atoms with Crippen molar-refractivity contribution >= 4 is 5.97 Å². The Kier molecular flexibility index (Phi) is 3.19. The number of aryl methyl sites for hydroxylation is 2. The molecular weight excluding hydrogens is 184 g/mol. The Morgan fingerprint density at radius 2 is 2.29 bits per heavy atom. The van der Waals surface area contributed by atoms with Crippen LogP contribution in [0.5, 0.6) is 0 Å². The molecular formula is C8H14N4O2. The molecule has 0 aliphatic carbocycles. The highest BCUT2D eigenvalue weighted by Crippen LogP contribution is 1.97. The van der Waals surface area contributed by atoms with Crippen molar-refractivity contribution in [3.8, 4) is 0 Å². The molecule has 0 radical (unpaired) electrons. The van der Waals surface area contributed by atoms with Gasteiger partial charge in [0.1, 0.15) is 17.7 Å². The molecule has 0 spiro atoms. The zero-order valence-electron chi connectivity index (χ0n) is 8.52. The maximum absolute atomic E-state index is 11.0. The number of aromatic nitrogens is 3. The smallest absolute Gasteiger partial charge is 0.324 e. The van der Waals surface area contributed by atoms with Gasteiger partial charge in [-0.3, -0.25) is 4.79 Å². The quantitative estimate of drug-likeness (QED) is 0.655. The first kappa shape index (κ1) is 10.6. The normalized spacial score (nSPS) is 12.6. The van der Waals surface area contributed by atoms with Crippen molar-refractivity contribution < 1.29 is 9.53 Å². The standard InChI is InChI=1S/C8H14N4O2/c1-5-10-6(2)12(11-5)4-7(9)8(13)14-3/h7H,4,9H2,1-3H3. The number of rotatable bonds is 3. The van der Waals surface area contributed by atoms with Gasteiger partial charge in [-0.15, -0.1) is 0 Å². The number of hydrogen-bond donors (Lipinski definition) is 1. The molecule has 1 atom stereocenters. The van der Waals surface area contributed by atoms with E-state index in [-0.39, 0.29) is 0 Å². The zero-order valence-corrected chi connectivity index (χ0v) is 8.52. The van der Waals surface area contributed by atoms with E-state index in [0.717, 1.165) is 5.82 Å². The number of nitrogens with two attached hydrogens (primary N) is 1. The minimum atomic E-state index is -0.695. The summed E-state index contributed by atoms with van der Waals surface area (Å²) in [5.41, 5.74) is 5.57. The van der Waals surface area contributed by atoms with Crippen LogP contribution in [0, 0.1) is 13.8 Å². The van der Waals surface area contributed by atoms with E-state index in [9.17, 15) is 4.79 Å². The number of methoxy groups -OCH3 is 1. The lowest BCUT2D eigenvalue weighted by Crippen LogP contribution is -2.36. The van der Waals surface area contributed by atoms with Crippen molar-refractivity contribution in [2.24, 2.45) is 5.73 Å². The highest BCUT2D eigenvalue weighted by molar-refractivity contribution is 5.75. The van der Waals surface area contributed by atoms with E-state index in [4.69, 9.17) is 5.73 Å². The molecule has 0 saturated heterocycles. The largest absolute Gasteiger partial charge is 0.468 e. The summed E-state index contributed by atoms with van der Waals surface area (Å²) in [4.78, 5) is 15.1. The maximum atomic E-state index is 11.0. The summed E-state index contributed by atoms with van der Waals surface area (Å²) < 4.78 is 6.10. The van der Waals surface area contributed by atoms with Gasteiger partial charge in [-0.1, -0.05) is 0 Å². The van der Waals surface area contributed by atoms with Crippen LogP contribution in [-0.4, -0.2) is 33.9 Å². The highest BCUT2D eigenvalue weighted by atomic mass is 16.5. The van der Waals surface area contributed by atoms with E-state index in [1.54, 1.807) is 11.6 Å². The van der Waals surface area contributed by atoms with Crippen LogP contribution in [0.1, 0.15) is 11.6 Å². The average molecular weight is 198 g/mol. The first-order valence-corrected chi connectivity index (χ1v) is 4.26. The summed E-state index contributed by atoms with van der Waals surface area (Å²) in [5.74, 6) is 0.957. The molecule has 6 nitrogen and oxygen atoms in total. The van der Waals surface area contributed by atoms with E-state index >= 15 is 0 Å². The number of hydrogen-bond acceptors (Lipinski definition) is 5. The molecule has 1 rings (SSSR count). The third-order valence-corrected chi connectivity index (χ3v) is 1.84. The van der Waals surface area contributed by atoms with Crippen LogP contribution in [0.2, 0.25) is 0 Å². The lowest BCUT2D eigenvalue weighted by Gasteiger charge is -2.09. The molecule has 2 N–H and O–H groups in total. The molecule has 1 heterocycles. The number of carbonyl (C=O) groups is 1. The van der Waals surface area contributed by atoms with E-state index in [1.165, 1.54) is 7.11 Å². The molecule has 1 unspecified atom stereocenters. The van der Waals surface area contributed by atoms with Gasteiger partial charge < -0.3 is 10.5 Å². The summed E-state index contributed by atoms with van der Waals surface area (Å²) in [5, 5.41) is 4.08. The third kappa shape index (κ3) is 2.29. The Balaban J connectivity index is 2.69. The fraction of sp³-hybridized carbons (Fsp3) is 0.625. The fourth-order valence-corrected chi connectivity index (χ4v) is 1.15. The molecule has 6 heteroatoms. The molecule has 0 aliphatic rings. The first-order valence-electron chi connectivity index (χ1n) is 4.26. The summed E-state index contributed by atoms with van der Waals surface area (Å²) in [7, 11) is 1.31. The predicted molar refractivity (Wildman–Crippen MR) is 49.5 cm³/mol. The molecule has 14 heavy (non-hydrogen) atoms. The van der Waals surface area contributed by atoms with E-state index in [1.807, 2.05) is 6.92 Å². The number of carbonyl (C=O) groups excluding carboxylic acids is 1. The first-order chi connectivity index (χ1) is 6.54. The molecule has 0 amide bonds. The van der Waals surface area contributed by atoms with E-state index in [2.05, 4.69) is 14.8 Å². The third-order valence-electron chi connectivity index (χ3n) is 1.84. The van der Waals surface area contributed by atoms with E-state index < -0.39 is 12.0 Å². The second kappa shape index (κ2) is 4.19. The molecule has 0 fully saturated rings. The topological polar surface area (TPSA) is 83.0 Å². The second-order valence-electron chi connectivity index (χ2n) is 3.02. The summed E-state index contributed by atoms with van der Waals surface area (Å²) in [6.45, 7) is 3.89. The van der Waals surface area contributed by atoms with Crippen molar-refractivity contribution in [2.45, 2.75) is 26.4 Å². The molecule has 1 aromatic heterocycles. The average Bonchev–Trinajstić information content (AvgIpc) is 2.44. The van der Waals surface area contributed by atoms with Crippen molar-refractivity contribution in [3.05, 3.63) is 11.6 Å². The molecule has 0 aliphatic heterocycles. The Labute approximate surface area is 82.1 Å². The van der Waals surface area contributed by atoms with Gasteiger partial charge in [-0.25, -0.2) is 9.67 Å². The Morgan fingerprint density at radius 3 is 2.71 bits per heavy atom. The highest BCUT2D eigenvalue weighted by Gasteiger charge is 2.16. The van der Waals surface area contributed by atoms with Crippen LogP contribution in [0.3, 0.4) is 0 Å². The lowest BCUT2D eigenvalue weighted by atomic mass is 10.3. The van der Waals surface area contributed by atoms with E-state index in [0.29, 0.717) is 12.4 Å². The Morgan fingerprint density at radius 1 is 1.64 bits per heavy atom. The minimum absolute atomic E-state index is 0.291. The van der Waals surface area contributed by atoms with Crippen LogP contribution in [0.25, 0.3) is 0 Å². The van der Waals surface area contributed by atoms with Gasteiger partial charge in [-0.2, -0.15) is 5.10 Å². The minimum Gasteiger partial charge on any atom is -0.468 e. The lowest BCUT2D eigenvalue weighted by molar-refractivity contribution is -0.142. The van der Waals surface area contributed by atoms with Crippen LogP contribution in [-0.2, 0) is 16.1 Å². The molecule has 0 aromatic carbocycles. The number of nitrogens with zero attached hydrogens (tertiary/aromatic N) is 3. The second-order valence-corrected chi connectivity index (χ2v) is 3.02. The summed E-state index contributed by atoms with van der Waals surface area (Å²) in [6.07, 6.45) is 0. The molecule has 0 saturated carbocycles. The molecule has 78 valence electrons. The monoisotopic (exact) mass is 198 g/mol. The molecule has 0 bridgehead atoms. The van der Waals surface area contributed by atoms with Gasteiger partial charge in [-0.05, 0) is 13.8 Å². The van der Waals surface area contributed by atoms with Gasteiger partial charge in [0.2, 0.25) is 0 Å². The van der Waals surface area contributed by atoms with Crippen LogP contribution in [0.4, 0.5) is 0 Å². The summed E-state index contributed by atoms with van der Waals surface area (Å²) in [6, 6.07) is -0.695. The van der Waals surface area contributed by atoms with Crippen LogP contribution >= 0.6 is 0 Å². The fourth-order valence-electron chi connectivity index (χ4n) is 1.15. The van der Waals surface area contributed by atoms with Crippen molar-refractivity contribution in [3.63, 3.8) is 0 Å². The van der Waals surface area contributed by atoms with Crippen LogP contribution in [0.15, 0.2) is 0 Å². The van der Waals surface area contributed by atoms with Gasteiger partial charge in [0, 0.05) is 0 Å². The van der Waals surface area contributed by atoms with Gasteiger partial charge >= 0.3 is 5.97 Å². The maximum Gasteiger partial charge on any atom is 0.324 e. The summed E-state index contributed by atoms with van der Waals surface area (Å²) >= 11 is 0. The Hall–Kier alpha value is -1.43. The van der Waals surface area contributed by atoms with Gasteiger partial charge in [0.15, 0.2) is 0 Å². The SMILES string of the molecule is COC(=O)C(N)Cn1nc(C)nc1C. The zero-order chi connectivity index (χ0) is 10.7. The number of ether oxygens (including phenoxy) is 1. The van der Waals surface area contributed by atoms with Crippen molar-refractivity contribution in [1.82, 2.24) is 14.8 Å². The van der Waals surface area contributed by atoms with Crippen LogP contribution < -0.4 is 5.73 Å². The van der Waals surface area contributed by atoms with Gasteiger partial charge in [0.05, 0.1) is 13.7 Å². The number of esters is 1. The van der Waals surface area contributed by atoms with Crippen molar-refractivity contribution in [2.75, 3.05) is 7.11 Å². The molecule has 1 aromatic rings.